The van der Waals surface area contributed by atoms with Gasteiger partial charge in [0.05, 0.1) is 7.11 Å². The second-order valence-electron chi connectivity index (χ2n) is 5.27. The summed E-state index contributed by atoms with van der Waals surface area (Å²) in [6.07, 6.45) is 4.98. The van der Waals surface area contributed by atoms with Crippen molar-refractivity contribution in [3.05, 3.63) is 0 Å². The molecule has 0 aromatic carbocycles. The summed E-state index contributed by atoms with van der Waals surface area (Å²) in [5.74, 6) is -0.0675. The molecule has 2 saturated heterocycles. The van der Waals surface area contributed by atoms with Gasteiger partial charge in [0.25, 0.3) is 0 Å². The molecule has 0 aromatic heterocycles. The van der Waals surface area contributed by atoms with Gasteiger partial charge in [-0.2, -0.15) is 0 Å². The van der Waals surface area contributed by atoms with Gasteiger partial charge in [0.2, 0.25) is 0 Å². The second kappa shape index (κ2) is 5.83. The highest BCUT2D eigenvalue weighted by Crippen LogP contribution is 2.21. The third-order valence-corrected chi connectivity index (χ3v) is 4.12. The van der Waals surface area contributed by atoms with Crippen LogP contribution in [-0.4, -0.2) is 61.1 Å². The molecule has 0 aliphatic carbocycles. The lowest BCUT2D eigenvalue weighted by Crippen LogP contribution is -2.57. The molecule has 0 aromatic rings. The number of likely N-dealkylation sites (tertiary alicyclic amines) is 2. The van der Waals surface area contributed by atoms with E-state index in [9.17, 15) is 4.79 Å². The van der Waals surface area contributed by atoms with Gasteiger partial charge in [0.1, 0.15) is 6.04 Å². The normalized spacial score (nSPS) is 28.5. The predicted octanol–water partition coefficient (Wildman–Crippen LogP) is 1.11. The van der Waals surface area contributed by atoms with Gasteiger partial charge >= 0.3 is 5.97 Å². The lowest BCUT2D eigenvalue weighted by Gasteiger charge is -2.43. The number of esters is 1. The average Bonchev–Trinajstić information content (AvgIpc) is 2.35. The monoisotopic (exact) mass is 240 g/mol. The molecule has 0 amide bonds. The first-order valence-corrected chi connectivity index (χ1v) is 6.78. The van der Waals surface area contributed by atoms with Crippen LogP contribution in [0.4, 0.5) is 0 Å². The highest BCUT2D eigenvalue weighted by Gasteiger charge is 2.36. The SMILES string of the molecule is COC(=O)C1CCN1CC(C)N1CCCCC1. The van der Waals surface area contributed by atoms with Crippen molar-refractivity contribution < 1.29 is 9.53 Å². The summed E-state index contributed by atoms with van der Waals surface area (Å²) in [6.45, 7) is 6.76. The third kappa shape index (κ3) is 2.99. The number of ether oxygens (including phenoxy) is 1. The van der Waals surface area contributed by atoms with Crippen LogP contribution in [0.15, 0.2) is 0 Å². The first-order valence-electron chi connectivity index (χ1n) is 6.78. The molecule has 98 valence electrons. The lowest BCUT2D eigenvalue weighted by molar-refractivity contribution is -0.152. The zero-order chi connectivity index (χ0) is 12.3. The lowest BCUT2D eigenvalue weighted by atomic mass is 10.0. The Balaban J connectivity index is 1.78. The molecule has 0 bridgehead atoms. The van der Waals surface area contributed by atoms with E-state index in [1.165, 1.54) is 39.5 Å². The Morgan fingerprint density at radius 3 is 2.53 bits per heavy atom. The average molecular weight is 240 g/mol. The van der Waals surface area contributed by atoms with Crippen LogP contribution in [-0.2, 0) is 9.53 Å². The smallest absolute Gasteiger partial charge is 0.323 e. The van der Waals surface area contributed by atoms with Crippen molar-refractivity contribution in [2.45, 2.75) is 44.7 Å². The molecule has 2 rings (SSSR count). The molecular weight excluding hydrogens is 216 g/mol. The Labute approximate surface area is 104 Å². The summed E-state index contributed by atoms with van der Waals surface area (Å²) in [6, 6.07) is 0.579. The summed E-state index contributed by atoms with van der Waals surface area (Å²) >= 11 is 0. The Morgan fingerprint density at radius 2 is 2.00 bits per heavy atom. The van der Waals surface area contributed by atoms with Crippen LogP contribution in [0.25, 0.3) is 0 Å². The Morgan fingerprint density at radius 1 is 1.29 bits per heavy atom. The molecule has 0 saturated carbocycles. The van der Waals surface area contributed by atoms with Crippen molar-refractivity contribution in [3.8, 4) is 0 Å². The minimum atomic E-state index is -0.0675. The molecule has 2 aliphatic rings. The fourth-order valence-electron chi connectivity index (χ4n) is 2.88. The molecule has 2 unspecified atom stereocenters. The van der Waals surface area contributed by atoms with Crippen molar-refractivity contribution in [3.63, 3.8) is 0 Å². The van der Waals surface area contributed by atoms with Gasteiger partial charge in [-0.05, 0) is 39.3 Å². The number of methoxy groups -OCH3 is 1. The number of carbonyl (C=O) groups is 1. The zero-order valence-electron chi connectivity index (χ0n) is 11.0. The van der Waals surface area contributed by atoms with E-state index in [4.69, 9.17) is 4.74 Å². The molecule has 0 radical (unpaired) electrons. The molecule has 0 N–H and O–H groups in total. The van der Waals surface area contributed by atoms with E-state index < -0.39 is 0 Å². The molecular formula is C13H24N2O2. The first-order chi connectivity index (χ1) is 8.22. The van der Waals surface area contributed by atoms with E-state index in [1.54, 1.807) is 0 Å². The fraction of sp³-hybridized carbons (Fsp3) is 0.923. The molecule has 17 heavy (non-hydrogen) atoms. The molecule has 4 heteroatoms. The van der Waals surface area contributed by atoms with Gasteiger partial charge in [-0.25, -0.2) is 0 Å². The summed E-state index contributed by atoms with van der Waals surface area (Å²) in [5.41, 5.74) is 0. The van der Waals surface area contributed by atoms with E-state index in [1.807, 2.05) is 0 Å². The first kappa shape index (κ1) is 12.8. The van der Waals surface area contributed by atoms with Crippen molar-refractivity contribution in [2.75, 3.05) is 33.3 Å². The molecule has 4 nitrogen and oxygen atoms in total. The van der Waals surface area contributed by atoms with E-state index in [0.29, 0.717) is 6.04 Å². The maximum atomic E-state index is 11.5. The molecule has 2 heterocycles. The van der Waals surface area contributed by atoms with E-state index in [-0.39, 0.29) is 12.0 Å². The minimum absolute atomic E-state index is 0.0206. The van der Waals surface area contributed by atoms with Gasteiger partial charge in [-0.15, -0.1) is 0 Å². The molecule has 2 aliphatic heterocycles. The van der Waals surface area contributed by atoms with Crippen molar-refractivity contribution in [2.24, 2.45) is 0 Å². The van der Waals surface area contributed by atoms with Gasteiger partial charge in [0.15, 0.2) is 0 Å². The van der Waals surface area contributed by atoms with E-state index in [0.717, 1.165) is 19.5 Å². The number of piperidine rings is 1. The Kier molecular flexibility index (Phi) is 4.40. The highest BCUT2D eigenvalue weighted by molar-refractivity contribution is 5.76. The summed E-state index contributed by atoms with van der Waals surface area (Å²) in [7, 11) is 1.48. The maximum absolute atomic E-state index is 11.5. The fourth-order valence-corrected chi connectivity index (χ4v) is 2.88. The van der Waals surface area contributed by atoms with Gasteiger partial charge in [0, 0.05) is 19.1 Å². The molecule has 0 spiro atoms. The zero-order valence-corrected chi connectivity index (χ0v) is 11.0. The van der Waals surface area contributed by atoms with Crippen LogP contribution in [0.3, 0.4) is 0 Å². The molecule has 2 atom stereocenters. The second-order valence-corrected chi connectivity index (χ2v) is 5.27. The Bertz CT molecular complexity index is 264. The predicted molar refractivity (Wildman–Crippen MR) is 66.9 cm³/mol. The van der Waals surface area contributed by atoms with Crippen LogP contribution >= 0.6 is 0 Å². The van der Waals surface area contributed by atoms with Crippen LogP contribution in [0.2, 0.25) is 0 Å². The van der Waals surface area contributed by atoms with Gasteiger partial charge < -0.3 is 4.74 Å². The van der Waals surface area contributed by atoms with Crippen LogP contribution in [0.1, 0.15) is 32.6 Å². The number of nitrogens with zero attached hydrogens (tertiary/aromatic N) is 2. The van der Waals surface area contributed by atoms with Crippen LogP contribution in [0, 0.1) is 0 Å². The Hall–Kier alpha value is -0.610. The quantitative estimate of drug-likeness (QED) is 0.689. The van der Waals surface area contributed by atoms with Gasteiger partial charge in [-0.3, -0.25) is 14.6 Å². The largest absolute Gasteiger partial charge is 0.468 e. The number of carbonyl (C=O) groups excluding carboxylic acids is 1. The minimum Gasteiger partial charge on any atom is -0.468 e. The summed E-state index contributed by atoms with van der Waals surface area (Å²) in [5, 5.41) is 0. The molecule has 2 fully saturated rings. The van der Waals surface area contributed by atoms with Crippen molar-refractivity contribution in [1.82, 2.24) is 9.80 Å². The van der Waals surface area contributed by atoms with Crippen molar-refractivity contribution >= 4 is 5.97 Å². The third-order valence-electron chi connectivity index (χ3n) is 4.12. The maximum Gasteiger partial charge on any atom is 0.323 e. The van der Waals surface area contributed by atoms with E-state index in [2.05, 4.69) is 16.7 Å². The van der Waals surface area contributed by atoms with Crippen LogP contribution < -0.4 is 0 Å². The van der Waals surface area contributed by atoms with Crippen LogP contribution in [0.5, 0.6) is 0 Å². The highest BCUT2D eigenvalue weighted by atomic mass is 16.5. The van der Waals surface area contributed by atoms with Gasteiger partial charge in [-0.1, -0.05) is 6.42 Å². The van der Waals surface area contributed by atoms with Crippen molar-refractivity contribution in [1.29, 1.82) is 0 Å². The standard InChI is InChI=1S/C13H24N2O2/c1-11(14-7-4-3-5-8-14)10-15-9-6-12(15)13(16)17-2/h11-12H,3-10H2,1-2H3. The summed E-state index contributed by atoms with van der Waals surface area (Å²) < 4.78 is 4.82. The topological polar surface area (TPSA) is 32.8 Å². The number of hydrogen-bond acceptors (Lipinski definition) is 4. The number of hydrogen-bond donors (Lipinski definition) is 0. The van der Waals surface area contributed by atoms with E-state index >= 15 is 0 Å². The number of rotatable bonds is 4. The summed E-state index contributed by atoms with van der Waals surface area (Å²) in [4.78, 5) is 16.3.